The molecule has 0 fully saturated rings. The molecule has 1 unspecified atom stereocenters. The predicted octanol–water partition coefficient (Wildman–Crippen LogP) is 1.86. The van der Waals surface area contributed by atoms with E-state index in [1.807, 2.05) is 20.2 Å². The van der Waals surface area contributed by atoms with Crippen LogP contribution in [0.15, 0.2) is 21.6 Å². The highest BCUT2D eigenvalue weighted by molar-refractivity contribution is 6.02. The molecule has 1 aliphatic heterocycles. The van der Waals surface area contributed by atoms with Crippen LogP contribution in [0.25, 0.3) is 0 Å². The lowest BCUT2D eigenvalue weighted by atomic mass is 10.1. The van der Waals surface area contributed by atoms with Crippen LogP contribution in [-0.2, 0) is 0 Å². The Morgan fingerprint density at radius 2 is 2.39 bits per heavy atom. The van der Waals surface area contributed by atoms with Gasteiger partial charge in [0, 0.05) is 38.9 Å². The van der Waals surface area contributed by atoms with Crippen LogP contribution >= 0.6 is 0 Å². The van der Waals surface area contributed by atoms with Gasteiger partial charge in [-0.05, 0) is 25.3 Å². The first-order valence-corrected chi connectivity index (χ1v) is 6.84. The Kier molecular flexibility index (Phi) is 6.83. The fourth-order valence-corrected chi connectivity index (χ4v) is 2.05. The van der Waals surface area contributed by atoms with E-state index < -0.39 is 0 Å². The molecule has 0 saturated carbocycles. The van der Waals surface area contributed by atoms with Crippen molar-refractivity contribution >= 4 is 12.1 Å². The molecule has 2 N–H and O–H groups in total. The summed E-state index contributed by atoms with van der Waals surface area (Å²) in [5, 5.41) is 0. The van der Waals surface area contributed by atoms with Crippen molar-refractivity contribution in [3.63, 3.8) is 0 Å². The van der Waals surface area contributed by atoms with Gasteiger partial charge in [0.25, 0.3) is 0 Å². The third-order valence-electron chi connectivity index (χ3n) is 2.97. The Morgan fingerprint density at radius 3 is 2.89 bits per heavy atom. The fraction of sp³-hybridized carbons (Fsp3) is 0.714. The zero-order valence-electron chi connectivity index (χ0n) is 11.9. The van der Waals surface area contributed by atoms with Crippen LogP contribution in [0.5, 0.6) is 0 Å². The molecule has 0 bridgehead atoms. The van der Waals surface area contributed by atoms with Crippen molar-refractivity contribution in [2.45, 2.75) is 39.2 Å². The molecule has 0 aromatic rings. The van der Waals surface area contributed by atoms with Crippen LogP contribution in [0.3, 0.4) is 0 Å². The Balaban J connectivity index is 2.54. The van der Waals surface area contributed by atoms with Gasteiger partial charge in [-0.25, -0.2) is 4.99 Å². The Hall–Kier alpha value is -1.00. The van der Waals surface area contributed by atoms with E-state index in [4.69, 9.17) is 5.73 Å². The van der Waals surface area contributed by atoms with Crippen molar-refractivity contribution in [1.29, 1.82) is 0 Å². The van der Waals surface area contributed by atoms with Crippen LogP contribution in [0.2, 0.25) is 0 Å². The van der Waals surface area contributed by atoms with E-state index in [9.17, 15) is 0 Å². The fourth-order valence-electron chi connectivity index (χ4n) is 2.05. The van der Waals surface area contributed by atoms with Crippen molar-refractivity contribution < 1.29 is 0 Å². The summed E-state index contributed by atoms with van der Waals surface area (Å²) in [6.07, 6.45) is 7.36. The first-order valence-electron chi connectivity index (χ1n) is 6.84. The summed E-state index contributed by atoms with van der Waals surface area (Å²) in [6, 6.07) is 0.238. The molecule has 1 heterocycles. The Labute approximate surface area is 111 Å². The second-order valence-electron chi connectivity index (χ2n) is 4.86. The van der Waals surface area contributed by atoms with Crippen LogP contribution < -0.4 is 5.73 Å². The molecule has 0 radical (unpaired) electrons. The molecule has 0 aromatic heterocycles. The monoisotopic (exact) mass is 250 g/mol. The molecule has 1 atom stereocenters. The summed E-state index contributed by atoms with van der Waals surface area (Å²) in [4.78, 5) is 11.1. The van der Waals surface area contributed by atoms with Crippen molar-refractivity contribution in [3.05, 3.63) is 11.6 Å². The van der Waals surface area contributed by atoms with Gasteiger partial charge in [0.05, 0.1) is 0 Å². The number of nitrogens with zero attached hydrogens (tertiary/aromatic N) is 3. The summed E-state index contributed by atoms with van der Waals surface area (Å²) in [5.41, 5.74) is 7.08. The van der Waals surface area contributed by atoms with E-state index in [0.717, 1.165) is 44.7 Å². The Bertz CT molecular complexity index is 329. The lowest BCUT2D eigenvalue weighted by Gasteiger charge is -2.27. The zero-order chi connectivity index (χ0) is 13.4. The highest BCUT2D eigenvalue weighted by Crippen LogP contribution is 2.13. The van der Waals surface area contributed by atoms with E-state index >= 15 is 0 Å². The van der Waals surface area contributed by atoms with E-state index in [0.29, 0.717) is 0 Å². The number of unbranched alkanes of at least 4 members (excludes halogenated alkanes) is 1. The van der Waals surface area contributed by atoms with Crippen molar-refractivity contribution in [2.75, 3.05) is 26.7 Å². The topological polar surface area (TPSA) is 54.0 Å². The summed E-state index contributed by atoms with van der Waals surface area (Å²) in [5.74, 6) is 0.892. The average Bonchev–Trinajstić information content (AvgIpc) is 2.35. The predicted molar refractivity (Wildman–Crippen MR) is 79.5 cm³/mol. The maximum Gasteiger partial charge on any atom is 0.149 e. The molecule has 0 spiro atoms. The largest absolute Gasteiger partial charge is 0.327 e. The minimum Gasteiger partial charge on any atom is -0.327 e. The molecule has 1 aliphatic rings. The van der Waals surface area contributed by atoms with Gasteiger partial charge < -0.3 is 5.73 Å². The second kappa shape index (κ2) is 8.16. The smallest absolute Gasteiger partial charge is 0.149 e. The SMILES string of the molecule is CCC/C=N\C(=N/C)C1=CCN(CC(C)N)CC1. The number of nitrogens with two attached hydrogens (primary N) is 1. The van der Waals surface area contributed by atoms with Gasteiger partial charge in [-0.3, -0.25) is 9.89 Å². The number of rotatable bonds is 5. The van der Waals surface area contributed by atoms with Gasteiger partial charge >= 0.3 is 0 Å². The lowest BCUT2D eigenvalue weighted by Crippen LogP contribution is -2.38. The van der Waals surface area contributed by atoms with Gasteiger partial charge in [0.15, 0.2) is 0 Å². The third kappa shape index (κ3) is 5.10. The standard InChI is InChI=1S/C14H26N4/c1-4-5-8-17-14(16-3)13-6-9-18(10-7-13)11-12(2)15/h6,8,12H,4-5,7,9-11,15H2,1-3H3/b16-14-,17-8-. The van der Waals surface area contributed by atoms with Crippen LogP contribution in [-0.4, -0.2) is 49.7 Å². The summed E-state index contributed by atoms with van der Waals surface area (Å²) >= 11 is 0. The highest BCUT2D eigenvalue weighted by atomic mass is 15.1. The van der Waals surface area contributed by atoms with Crippen molar-refractivity contribution in [1.82, 2.24) is 4.90 Å². The van der Waals surface area contributed by atoms with Gasteiger partial charge in [-0.15, -0.1) is 0 Å². The molecule has 0 saturated heterocycles. The van der Waals surface area contributed by atoms with E-state index in [1.54, 1.807) is 0 Å². The first kappa shape index (κ1) is 15.1. The molecule has 18 heavy (non-hydrogen) atoms. The summed E-state index contributed by atoms with van der Waals surface area (Å²) < 4.78 is 0. The normalized spacial score (nSPS) is 20.2. The van der Waals surface area contributed by atoms with E-state index in [1.165, 1.54) is 5.57 Å². The first-order chi connectivity index (χ1) is 8.67. The van der Waals surface area contributed by atoms with Gasteiger partial charge in [0.2, 0.25) is 0 Å². The highest BCUT2D eigenvalue weighted by Gasteiger charge is 2.15. The molecule has 1 rings (SSSR count). The molecule has 4 nitrogen and oxygen atoms in total. The molecule has 102 valence electrons. The molecule has 4 heteroatoms. The summed E-state index contributed by atoms with van der Waals surface area (Å²) in [7, 11) is 1.81. The average molecular weight is 250 g/mol. The number of hydrogen-bond acceptors (Lipinski definition) is 3. The Morgan fingerprint density at radius 1 is 1.61 bits per heavy atom. The minimum absolute atomic E-state index is 0.238. The van der Waals surface area contributed by atoms with Crippen LogP contribution in [0.1, 0.15) is 33.1 Å². The molecular formula is C14H26N4. The number of amidine groups is 1. The maximum atomic E-state index is 5.82. The van der Waals surface area contributed by atoms with Crippen molar-refractivity contribution in [3.8, 4) is 0 Å². The lowest BCUT2D eigenvalue weighted by molar-refractivity contribution is 0.282. The molecule has 0 amide bonds. The molecule has 0 aromatic carbocycles. The summed E-state index contributed by atoms with van der Waals surface area (Å²) in [6.45, 7) is 7.17. The van der Waals surface area contributed by atoms with Crippen LogP contribution in [0, 0.1) is 0 Å². The van der Waals surface area contributed by atoms with Gasteiger partial charge in [0.1, 0.15) is 5.84 Å². The number of aliphatic imine (C=N–C) groups is 2. The van der Waals surface area contributed by atoms with Crippen molar-refractivity contribution in [2.24, 2.45) is 15.7 Å². The zero-order valence-corrected chi connectivity index (χ0v) is 11.9. The minimum atomic E-state index is 0.238. The molecular weight excluding hydrogens is 224 g/mol. The van der Waals surface area contributed by atoms with Gasteiger partial charge in [-0.2, -0.15) is 0 Å². The second-order valence-corrected chi connectivity index (χ2v) is 4.86. The van der Waals surface area contributed by atoms with E-state index in [2.05, 4.69) is 27.9 Å². The molecule has 0 aliphatic carbocycles. The van der Waals surface area contributed by atoms with Crippen LogP contribution in [0.4, 0.5) is 0 Å². The third-order valence-corrected chi connectivity index (χ3v) is 2.97. The maximum absolute atomic E-state index is 5.82. The quantitative estimate of drug-likeness (QED) is 0.598. The van der Waals surface area contributed by atoms with Gasteiger partial charge in [-0.1, -0.05) is 19.4 Å². The number of hydrogen-bond donors (Lipinski definition) is 1. The van der Waals surface area contributed by atoms with E-state index in [-0.39, 0.29) is 6.04 Å².